The second-order valence-corrected chi connectivity index (χ2v) is 14.7. The Morgan fingerprint density at radius 1 is 0.255 bits per heavy atom. The van der Waals surface area contributed by atoms with Crippen LogP contribution >= 0.6 is 11.3 Å². The lowest BCUT2D eigenvalue weighted by Crippen LogP contribution is -1.86. The molecule has 1 heterocycles. The summed E-state index contributed by atoms with van der Waals surface area (Å²) in [5.41, 5.74) is 7.35. The van der Waals surface area contributed by atoms with Crippen LogP contribution in [0.15, 0.2) is 182 Å². The molecule has 0 unspecified atom stereocenters. The van der Waals surface area contributed by atoms with Crippen LogP contribution < -0.4 is 0 Å². The van der Waals surface area contributed by atoms with E-state index < -0.39 is 0 Å². The van der Waals surface area contributed by atoms with Crippen LogP contribution in [-0.4, -0.2) is 0 Å². The topological polar surface area (TPSA) is 0 Å². The van der Waals surface area contributed by atoms with Crippen LogP contribution in [0.5, 0.6) is 0 Å². The van der Waals surface area contributed by atoms with Crippen molar-refractivity contribution in [2.24, 2.45) is 0 Å². The Kier molecular flexibility index (Phi) is 6.22. The summed E-state index contributed by atoms with van der Waals surface area (Å²) in [4.78, 5) is 0. The average molecular weight is 663 g/mol. The van der Waals surface area contributed by atoms with Crippen molar-refractivity contribution in [3.63, 3.8) is 0 Å². The Hall–Kier alpha value is -6.28. The molecule has 0 nitrogen and oxygen atoms in total. The van der Waals surface area contributed by atoms with Gasteiger partial charge in [0.1, 0.15) is 0 Å². The highest BCUT2D eigenvalue weighted by molar-refractivity contribution is 7.26. The zero-order chi connectivity index (χ0) is 33.5. The van der Waals surface area contributed by atoms with Gasteiger partial charge in [0, 0.05) is 25.6 Å². The first-order valence-electron chi connectivity index (χ1n) is 17.6. The van der Waals surface area contributed by atoms with Gasteiger partial charge in [0.2, 0.25) is 0 Å². The highest BCUT2D eigenvalue weighted by atomic mass is 32.1. The van der Waals surface area contributed by atoms with Crippen molar-refractivity contribution in [3.05, 3.63) is 182 Å². The summed E-state index contributed by atoms with van der Waals surface area (Å²) in [5, 5.41) is 15.7. The molecule has 0 radical (unpaired) electrons. The molecule has 11 rings (SSSR count). The first-order chi connectivity index (χ1) is 25.3. The zero-order valence-corrected chi connectivity index (χ0v) is 28.5. The normalized spacial score (nSPS) is 11.9. The van der Waals surface area contributed by atoms with E-state index in [1.165, 1.54) is 107 Å². The largest absolute Gasteiger partial charge is 0.135 e. The second kappa shape index (κ2) is 11.1. The molecule has 0 N–H and O–H groups in total. The molecule has 0 spiro atoms. The molecule has 1 heteroatoms. The number of hydrogen-bond donors (Lipinski definition) is 0. The van der Waals surface area contributed by atoms with Crippen molar-refractivity contribution >= 4 is 85.4 Å². The molecule has 236 valence electrons. The van der Waals surface area contributed by atoms with E-state index in [1.807, 2.05) is 11.3 Å². The first kappa shape index (κ1) is 28.5. The van der Waals surface area contributed by atoms with Gasteiger partial charge >= 0.3 is 0 Å². The van der Waals surface area contributed by atoms with Crippen molar-refractivity contribution in [1.82, 2.24) is 0 Å². The minimum absolute atomic E-state index is 1.22. The van der Waals surface area contributed by atoms with Gasteiger partial charge in [-0.15, -0.1) is 11.3 Å². The lowest BCUT2D eigenvalue weighted by molar-refractivity contribution is 1.59. The second-order valence-electron chi connectivity index (χ2n) is 13.7. The van der Waals surface area contributed by atoms with Crippen molar-refractivity contribution in [3.8, 4) is 33.4 Å². The van der Waals surface area contributed by atoms with E-state index in [-0.39, 0.29) is 0 Å². The fourth-order valence-corrected chi connectivity index (χ4v) is 9.61. The minimum atomic E-state index is 1.22. The lowest BCUT2D eigenvalue weighted by atomic mass is 9.91. The smallest absolute Gasteiger partial charge is 0.0440 e. The van der Waals surface area contributed by atoms with Crippen molar-refractivity contribution in [2.45, 2.75) is 0 Å². The molecule has 0 aliphatic carbocycles. The average Bonchev–Trinajstić information content (AvgIpc) is 3.59. The van der Waals surface area contributed by atoms with E-state index in [9.17, 15) is 0 Å². The maximum atomic E-state index is 2.40. The molecule has 11 aromatic rings. The predicted octanol–water partition coefficient (Wildman–Crippen LogP) is 14.8. The maximum Gasteiger partial charge on any atom is 0.0440 e. The van der Waals surface area contributed by atoms with E-state index in [0.717, 1.165) is 0 Å². The molecular formula is C50H30S. The standard InChI is InChI=1S/C50H30S/c1-2-15-41-39(13-1)40-14-3-4-16-42(40)47-30-38(24-25-43(41)47)36-12-8-10-34(28-36)33-9-7-11-35(27-33)37-22-20-31-19-21-32-23-26-45-44-17-5-6-18-48(44)51-50(45)49(32)46(31)29-37/h1-30H. The number of hydrogen-bond acceptors (Lipinski definition) is 1. The van der Waals surface area contributed by atoms with E-state index in [4.69, 9.17) is 0 Å². The van der Waals surface area contributed by atoms with E-state index >= 15 is 0 Å². The lowest BCUT2D eigenvalue weighted by Gasteiger charge is -2.13. The van der Waals surface area contributed by atoms with E-state index in [2.05, 4.69) is 182 Å². The summed E-state index contributed by atoms with van der Waals surface area (Å²) in [5.74, 6) is 0. The van der Waals surface area contributed by atoms with Crippen molar-refractivity contribution < 1.29 is 0 Å². The van der Waals surface area contributed by atoms with Gasteiger partial charge in [0.25, 0.3) is 0 Å². The molecule has 0 aliphatic rings. The first-order valence-corrected chi connectivity index (χ1v) is 18.4. The molecule has 0 aliphatic heterocycles. The predicted molar refractivity (Wildman–Crippen MR) is 223 cm³/mol. The number of fused-ring (bicyclic) bond motifs is 13. The highest BCUT2D eigenvalue weighted by Crippen LogP contribution is 2.42. The SMILES string of the molecule is c1cc(-c2cccc(-c3ccc4ccc5ccc6c7ccccc7sc6c5c4c3)c2)cc(-c2ccc3c4ccccc4c4ccccc4c3c2)c1. The quantitative estimate of drug-likeness (QED) is 0.165. The van der Waals surface area contributed by atoms with Crippen LogP contribution in [0.1, 0.15) is 0 Å². The van der Waals surface area contributed by atoms with Gasteiger partial charge in [-0.25, -0.2) is 0 Å². The number of benzene rings is 10. The Balaban J connectivity index is 1.02. The Morgan fingerprint density at radius 3 is 1.33 bits per heavy atom. The summed E-state index contributed by atoms with van der Waals surface area (Å²) in [6.07, 6.45) is 0. The fraction of sp³-hybridized carbons (Fsp3) is 0. The van der Waals surface area contributed by atoms with Gasteiger partial charge in [0.05, 0.1) is 0 Å². The van der Waals surface area contributed by atoms with Gasteiger partial charge in [-0.1, -0.05) is 152 Å². The Labute approximate surface area is 299 Å². The molecule has 0 saturated heterocycles. The Morgan fingerprint density at radius 2 is 0.686 bits per heavy atom. The third-order valence-electron chi connectivity index (χ3n) is 10.8. The van der Waals surface area contributed by atoms with Crippen molar-refractivity contribution in [2.75, 3.05) is 0 Å². The van der Waals surface area contributed by atoms with Gasteiger partial charge in [-0.05, 0) is 112 Å². The molecule has 10 aromatic carbocycles. The van der Waals surface area contributed by atoms with Gasteiger partial charge in [0.15, 0.2) is 0 Å². The molecule has 0 fully saturated rings. The third kappa shape index (κ3) is 4.45. The summed E-state index contributed by atoms with van der Waals surface area (Å²) in [7, 11) is 0. The summed E-state index contributed by atoms with van der Waals surface area (Å²) < 4.78 is 2.71. The van der Waals surface area contributed by atoms with Gasteiger partial charge < -0.3 is 0 Å². The van der Waals surface area contributed by atoms with E-state index in [1.54, 1.807) is 0 Å². The monoisotopic (exact) mass is 662 g/mol. The number of thiophene rings is 1. The zero-order valence-electron chi connectivity index (χ0n) is 27.7. The molecular weight excluding hydrogens is 633 g/mol. The van der Waals surface area contributed by atoms with E-state index in [0.29, 0.717) is 0 Å². The minimum Gasteiger partial charge on any atom is -0.135 e. The van der Waals surface area contributed by atoms with Crippen LogP contribution in [0.3, 0.4) is 0 Å². The summed E-state index contributed by atoms with van der Waals surface area (Å²) in [6.45, 7) is 0. The van der Waals surface area contributed by atoms with Crippen LogP contribution in [0.4, 0.5) is 0 Å². The summed E-state index contributed by atoms with van der Waals surface area (Å²) in [6, 6.07) is 67.5. The number of rotatable bonds is 3. The molecule has 51 heavy (non-hydrogen) atoms. The van der Waals surface area contributed by atoms with Gasteiger partial charge in [-0.2, -0.15) is 0 Å². The van der Waals surface area contributed by atoms with Crippen LogP contribution in [0, 0.1) is 0 Å². The maximum absolute atomic E-state index is 2.40. The van der Waals surface area contributed by atoms with Crippen molar-refractivity contribution in [1.29, 1.82) is 0 Å². The van der Waals surface area contributed by atoms with Crippen LogP contribution in [-0.2, 0) is 0 Å². The summed E-state index contributed by atoms with van der Waals surface area (Å²) >= 11 is 1.91. The van der Waals surface area contributed by atoms with Gasteiger partial charge in [-0.3, -0.25) is 0 Å². The van der Waals surface area contributed by atoms with Crippen LogP contribution in [0.2, 0.25) is 0 Å². The molecule has 0 amide bonds. The molecule has 0 bridgehead atoms. The highest BCUT2D eigenvalue weighted by Gasteiger charge is 2.13. The molecule has 1 aromatic heterocycles. The Bertz CT molecular complexity index is 3160. The third-order valence-corrected chi connectivity index (χ3v) is 12.0. The fourth-order valence-electron chi connectivity index (χ4n) is 8.34. The van der Waals surface area contributed by atoms with Crippen LogP contribution in [0.25, 0.3) is 107 Å². The molecule has 0 saturated carbocycles. The molecule has 0 atom stereocenters.